The van der Waals surface area contributed by atoms with Gasteiger partial charge in [-0.3, -0.25) is 5.14 Å². The quantitative estimate of drug-likeness (QED) is 0.628. The van der Waals surface area contributed by atoms with Crippen LogP contribution in [0.25, 0.3) is 0 Å². The predicted octanol–water partition coefficient (Wildman–Crippen LogP) is 0.799. The van der Waals surface area contributed by atoms with E-state index in [4.69, 9.17) is 5.14 Å². The first kappa shape index (κ1) is 7.22. The average Bonchev–Trinajstić information content (AvgIpc) is 2.48. The smallest absolute Gasteiger partial charge is 0.0887 e. The van der Waals surface area contributed by atoms with Crippen LogP contribution in [0.2, 0.25) is 0 Å². The first-order valence-corrected chi connectivity index (χ1v) is 4.80. The van der Waals surface area contributed by atoms with E-state index < -0.39 is 11.0 Å². The van der Waals surface area contributed by atoms with E-state index in [1.54, 1.807) is 0 Å². The minimum absolute atomic E-state index is 0.691. The summed E-state index contributed by atoms with van der Waals surface area (Å²) in [5.74, 6) is 1.64. The van der Waals surface area contributed by atoms with Crippen molar-refractivity contribution in [2.75, 3.05) is 5.75 Å². The highest BCUT2D eigenvalue weighted by Crippen LogP contribution is 2.33. The van der Waals surface area contributed by atoms with Gasteiger partial charge < -0.3 is 0 Å². The van der Waals surface area contributed by atoms with E-state index in [-0.39, 0.29) is 0 Å². The Morgan fingerprint density at radius 3 is 2.67 bits per heavy atom. The molecule has 9 heavy (non-hydrogen) atoms. The summed E-state index contributed by atoms with van der Waals surface area (Å²) >= 11 is 0. The van der Waals surface area contributed by atoms with Crippen molar-refractivity contribution >= 4 is 11.0 Å². The molecule has 1 aliphatic carbocycles. The van der Waals surface area contributed by atoms with Crippen molar-refractivity contribution in [1.82, 2.24) is 0 Å². The zero-order valence-corrected chi connectivity index (χ0v) is 6.32. The van der Waals surface area contributed by atoms with Crippen LogP contribution in [0.15, 0.2) is 0 Å². The fraction of sp³-hybridized carbons (Fsp3) is 1.00. The summed E-state index contributed by atoms with van der Waals surface area (Å²) in [4.78, 5) is 0. The fourth-order valence-electron chi connectivity index (χ4n) is 0.921. The van der Waals surface area contributed by atoms with E-state index in [1.807, 2.05) is 0 Å². The van der Waals surface area contributed by atoms with Crippen LogP contribution in [0.4, 0.5) is 0 Å². The predicted molar refractivity (Wildman–Crippen MR) is 39.2 cm³/mol. The molecule has 2 nitrogen and oxygen atoms in total. The number of rotatable bonds is 4. The van der Waals surface area contributed by atoms with Crippen LogP contribution in [-0.2, 0) is 11.0 Å². The van der Waals surface area contributed by atoms with Crippen LogP contribution < -0.4 is 5.14 Å². The van der Waals surface area contributed by atoms with E-state index in [2.05, 4.69) is 0 Å². The minimum Gasteiger partial charge on any atom is -0.252 e. The number of hydrogen-bond acceptors (Lipinski definition) is 1. The molecule has 1 fully saturated rings. The second kappa shape index (κ2) is 3.32. The van der Waals surface area contributed by atoms with Crippen LogP contribution in [-0.4, -0.2) is 9.96 Å². The van der Waals surface area contributed by atoms with Gasteiger partial charge in [-0.05, 0) is 18.8 Å². The Bertz CT molecular complexity index is 112. The topological polar surface area (TPSA) is 43.1 Å². The van der Waals surface area contributed by atoms with Crippen molar-refractivity contribution in [3.8, 4) is 0 Å². The average molecular weight is 147 g/mol. The minimum atomic E-state index is -1.05. The van der Waals surface area contributed by atoms with Gasteiger partial charge >= 0.3 is 0 Å². The molecule has 2 N–H and O–H groups in total. The SMILES string of the molecule is NS(=O)CCCC1CC1. The highest BCUT2D eigenvalue weighted by Gasteiger charge is 2.20. The molecule has 0 radical (unpaired) electrons. The van der Waals surface area contributed by atoms with Gasteiger partial charge in [0.05, 0.1) is 11.0 Å². The zero-order chi connectivity index (χ0) is 6.69. The van der Waals surface area contributed by atoms with Gasteiger partial charge in [0.1, 0.15) is 0 Å². The van der Waals surface area contributed by atoms with Gasteiger partial charge in [-0.15, -0.1) is 0 Å². The third-order valence-electron chi connectivity index (χ3n) is 1.65. The highest BCUT2D eigenvalue weighted by atomic mass is 32.2. The number of hydrogen-bond donors (Lipinski definition) is 1. The van der Waals surface area contributed by atoms with Crippen molar-refractivity contribution in [2.24, 2.45) is 11.1 Å². The van der Waals surface area contributed by atoms with Crippen LogP contribution in [0, 0.1) is 5.92 Å². The van der Waals surface area contributed by atoms with Gasteiger partial charge in [-0.2, -0.15) is 0 Å². The molecule has 1 saturated carbocycles. The third kappa shape index (κ3) is 3.65. The highest BCUT2D eigenvalue weighted by molar-refractivity contribution is 7.82. The molecule has 0 aromatic carbocycles. The molecule has 0 aromatic heterocycles. The summed E-state index contributed by atoms with van der Waals surface area (Å²) in [6.07, 6.45) is 5.06. The fourth-order valence-corrected chi connectivity index (χ4v) is 1.37. The van der Waals surface area contributed by atoms with Crippen molar-refractivity contribution in [3.63, 3.8) is 0 Å². The van der Waals surface area contributed by atoms with Crippen molar-refractivity contribution in [2.45, 2.75) is 25.7 Å². The summed E-state index contributed by atoms with van der Waals surface area (Å²) in [6.45, 7) is 0. The molecule has 3 heteroatoms. The molecule has 0 heterocycles. The molecule has 0 saturated heterocycles. The summed E-state index contributed by atoms with van der Waals surface area (Å²) in [7, 11) is -1.05. The first-order chi connectivity index (χ1) is 4.29. The molecule has 1 aliphatic rings. The summed E-state index contributed by atoms with van der Waals surface area (Å²) in [6, 6.07) is 0. The van der Waals surface area contributed by atoms with Gasteiger partial charge in [0.25, 0.3) is 0 Å². The third-order valence-corrected chi connectivity index (χ3v) is 2.35. The van der Waals surface area contributed by atoms with Gasteiger partial charge in [0, 0.05) is 5.75 Å². The Morgan fingerprint density at radius 2 is 2.22 bits per heavy atom. The summed E-state index contributed by atoms with van der Waals surface area (Å²) in [5, 5.41) is 5.07. The lowest BCUT2D eigenvalue weighted by molar-refractivity contribution is 0.669. The normalized spacial score (nSPS) is 21.9. The zero-order valence-electron chi connectivity index (χ0n) is 5.51. The van der Waals surface area contributed by atoms with Crippen molar-refractivity contribution in [3.05, 3.63) is 0 Å². The lowest BCUT2D eigenvalue weighted by Crippen LogP contribution is -2.07. The second-order valence-corrected chi connectivity index (χ2v) is 3.84. The van der Waals surface area contributed by atoms with Crippen LogP contribution in [0.5, 0.6) is 0 Å². The van der Waals surface area contributed by atoms with Gasteiger partial charge in [0.15, 0.2) is 0 Å². The van der Waals surface area contributed by atoms with E-state index in [1.165, 1.54) is 19.3 Å². The largest absolute Gasteiger partial charge is 0.252 e. The monoisotopic (exact) mass is 147 g/mol. The maximum Gasteiger partial charge on any atom is 0.0887 e. The van der Waals surface area contributed by atoms with Gasteiger partial charge in [-0.25, -0.2) is 4.21 Å². The Hall–Kier alpha value is 0.110. The molecular weight excluding hydrogens is 134 g/mol. The van der Waals surface area contributed by atoms with Crippen LogP contribution in [0.3, 0.4) is 0 Å². The Kier molecular flexibility index (Phi) is 2.66. The molecule has 0 bridgehead atoms. The van der Waals surface area contributed by atoms with Crippen molar-refractivity contribution < 1.29 is 4.21 Å². The number of nitrogens with two attached hydrogens (primary N) is 1. The standard InChI is InChI=1S/C6H13NOS/c7-9(8)5-1-2-6-3-4-6/h6H,1-5,7H2. The molecule has 0 aromatic rings. The molecule has 1 rings (SSSR count). The van der Waals surface area contributed by atoms with E-state index >= 15 is 0 Å². The Balaban J connectivity index is 1.86. The van der Waals surface area contributed by atoms with Crippen LogP contribution in [0.1, 0.15) is 25.7 Å². The lowest BCUT2D eigenvalue weighted by atomic mass is 10.2. The molecule has 0 amide bonds. The molecule has 0 aliphatic heterocycles. The van der Waals surface area contributed by atoms with Crippen molar-refractivity contribution in [1.29, 1.82) is 0 Å². The molecule has 1 unspecified atom stereocenters. The molecule has 1 atom stereocenters. The maximum atomic E-state index is 10.3. The Labute approximate surface area is 58.4 Å². The first-order valence-electron chi connectivity index (χ1n) is 3.42. The molecule has 0 spiro atoms. The van der Waals surface area contributed by atoms with E-state index in [0.29, 0.717) is 5.75 Å². The summed E-state index contributed by atoms with van der Waals surface area (Å²) < 4.78 is 10.3. The van der Waals surface area contributed by atoms with E-state index in [9.17, 15) is 4.21 Å². The molecular formula is C6H13NOS. The Morgan fingerprint density at radius 1 is 1.56 bits per heavy atom. The molecule has 54 valence electrons. The van der Waals surface area contributed by atoms with E-state index in [0.717, 1.165) is 12.3 Å². The second-order valence-electron chi connectivity index (χ2n) is 2.67. The van der Waals surface area contributed by atoms with Gasteiger partial charge in [-0.1, -0.05) is 12.8 Å². The van der Waals surface area contributed by atoms with Gasteiger partial charge in [0.2, 0.25) is 0 Å². The summed E-state index contributed by atoms with van der Waals surface area (Å²) in [5.41, 5.74) is 0. The van der Waals surface area contributed by atoms with Crippen LogP contribution >= 0.6 is 0 Å². The lowest BCUT2D eigenvalue weighted by Gasteiger charge is -1.93. The maximum absolute atomic E-state index is 10.3.